The minimum atomic E-state index is 0.858. The molecule has 94 valence electrons. The molecular formula is C16H19NO. The summed E-state index contributed by atoms with van der Waals surface area (Å²) in [6, 6.07) is 10.2. The fourth-order valence-corrected chi connectivity index (χ4v) is 1.94. The van der Waals surface area contributed by atoms with Crippen molar-refractivity contribution in [1.82, 2.24) is 0 Å². The molecule has 0 heterocycles. The van der Waals surface area contributed by atoms with Gasteiger partial charge < -0.3 is 4.74 Å². The number of allylic oxidation sites excluding steroid dienone is 2. The van der Waals surface area contributed by atoms with Gasteiger partial charge in [0.05, 0.1) is 12.9 Å². The highest BCUT2D eigenvalue weighted by Gasteiger charge is 2.04. The first-order valence-electron chi connectivity index (χ1n) is 6.34. The third kappa shape index (κ3) is 3.88. The van der Waals surface area contributed by atoms with E-state index in [1.54, 1.807) is 7.11 Å². The Hall–Kier alpha value is -1.83. The normalized spacial score (nSPS) is 15.4. The van der Waals surface area contributed by atoms with Crippen molar-refractivity contribution in [2.75, 3.05) is 13.7 Å². The molecule has 2 rings (SSSR count). The molecule has 0 saturated carbocycles. The van der Waals surface area contributed by atoms with E-state index >= 15 is 0 Å². The Morgan fingerprint density at radius 2 is 2.00 bits per heavy atom. The first kappa shape index (κ1) is 12.6. The van der Waals surface area contributed by atoms with Gasteiger partial charge in [0, 0.05) is 19.2 Å². The lowest BCUT2D eigenvalue weighted by molar-refractivity contribution is 0.281. The van der Waals surface area contributed by atoms with Crippen LogP contribution in [0.25, 0.3) is 0 Å². The summed E-state index contributed by atoms with van der Waals surface area (Å²) in [6.07, 6.45) is 9.34. The predicted molar refractivity (Wildman–Crippen MR) is 75.9 cm³/mol. The molecule has 0 aromatic heterocycles. The van der Waals surface area contributed by atoms with E-state index in [2.05, 4.69) is 29.3 Å². The van der Waals surface area contributed by atoms with Crippen molar-refractivity contribution < 1.29 is 4.74 Å². The Bertz CT molecular complexity index is 457. The van der Waals surface area contributed by atoms with Crippen LogP contribution in [0.15, 0.2) is 58.8 Å². The van der Waals surface area contributed by atoms with Gasteiger partial charge in [0.1, 0.15) is 0 Å². The number of methoxy groups -OCH3 is 1. The van der Waals surface area contributed by atoms with E-state index < -0.39 is 0 Å². The lowest BCUT2D eigenvalue weighted by Crippen LogP contribution is -1.96. The van der Waals surface area contributed by atoms with Gasteiger partial charge in [-0.15, -0.1) is 0 Å². The summed E-state index contributed by atoms with van der Waals surface area (Å²) in [5.74, 6) is 1.08. The second kappa shape index (κ2) is 6.80. The Kier molecular flexibility index (Phi) is 4.77. The van der Waals surface area contributed by atoms with Crippen molar-refractivity contribution in [3.05, 3.63) is 59.4 Å². The van der Waals surface area contributed by atoms with Crippen molar-refractivity contribution in [2.24, 2.45) is 4.99 Å². The molecule has 1 aromatic rings. The molecule has 1 aromatic carbocycles. The maximum absolute atomic E-state index is 5.21. The molecule has 0 fully saturated rings. The molecule has 1 aliphatic carbocycles. The van der Waals surface area contributed by atoms with Crippen LogP contribution in [-0.2, 0) is 4.74 Å². The molecular weight excluding hydrogens is 222 g/mol. The van der Waals surface area contributed by atoms with E-state index in [1.807, 2.05) is 24.4 Å². The van der Waals surface area contributed by atoms with Crippen molar-refractivity contribution in [1.29, 1.82) is 0 Å². The average Bonchev–Trinajstić information content (AvgIpc) is 2.45. The van der Waals surface area contributed by atoms with Crippen LogP contribution in [0, 0.1) is 0 Å². The van der Waals surface area contributed by atoms with Gasteiger partial charge in [0.15, 0.2) is 0 Å². The fourth-order valence-electron chi connectivity index (χ4n) is 1.94. The number of nitrogens with zero attached hydrogens (tertiary/aromatic N) is 1. The van der Waals surface area contributed by atoms with E-state index in [1.165, 1.54) is 5.57 Å². The Morgan fingerprint density at radius 1 is 1.17 bits per heavy atom. The summed E-state index contributed by atoms with van der Waals surface area (Å²) >= 11 is 0. The maximum Gasteiger partial charge on any atom is 0.0956 e. The van der Waals surface area contributed by atoms with Gasteiger partial charge in [0.2, 0.25) is 0 Å². The molecule has 0 unspecified atom stereocenters. The molecule has 1 aliphatic rings. The van der Waals surface area contributed by atoms with Crippen LogP contribution in [0.1, 0.15) is 24.8 Å². The van der Waals surface area contributed by atoms with Gasteiger partial charge in [-0.1, -0.05) is 42.0 Å². The zero-order valence-corrected chi connectivity index (χ0v) is 10.8. The van der Waals surface area contributed by atoms with E-state index in [0.29, 0.717) is 0 Å². The number of rotatable bonds is 5. The number of aliphatic imine (C=N–C) groups is 1. The van der Waals surface area contributed by atoms with Crippen LogP contribution in [0.5, 0.6) is 0 Å². The van der Waals surface area contributed by atoms with Gasteiger partial charge in [-0.2, -0.15) is 0 Å². The van der Waals surface area contributed by atoms with E-state index in [4.69, 9.17) is 4.74 Å². The molecule has 0 spiro atoms. The quantitative estimate of drug-likeness (QED) is 0.568. The monoisotopic (exact) mass is 241 g/mol. The first-order chi connectivity index (χ1) is 8.88. The van der Waals surface area contributed by atoms with Crippen LogP contribution < -0.4 is 0 Å². The largest absolute Gasteiger partial charge is 0.501 e. The van der Waals surface area contributed by atoms with E-state index in [-0.39, 0.29) is 0 Å². The fraction of sp³-hybridized carbons (Fsp3) is 0.312. The van der Waals surface area contributed by atoms with Crippen LogP contribution in [0.3, 0.4) is 0 Å². The Balaban J connectivity index is 1.74. The van der Waals surface area contributed by atoms with Crippen molar-refractivity contribution in [3.8, 4) is 0 Å². The van der Waals surface area contributed by atoms with Gasteiger partial charge in [0.25, 0.3) is 0 Å². The maximum atomic E-state index is 5.21. The second-order valence-electron chi connectivity index (χ2n) is 4.34. The highest BCUT2D eigenvalue weighted by atomic mass is 16.5. The molecule has 18 heavy (non-hydrogen) atoms. The van der Waals surface area contributed by atoms with Crippen LogP contribution in [0.2, 0.25) is 0 Å². The molecule has 0 aliphatic heterocycles. The zero-order chi connectivity index (χ0) is 12.6. The molecule has 0 amide bonds. The van der Waals surface area contributed by atoms with E-state index in [9.17, 15) is 0 Å². The second-order valence-corrected chi connectivity index (χ2v) is 4.34. The SMILES string of the molecule is COC1=CCC(CCN=Cc2ccccc2)=CC1. The summed E-state index contributed by atoms with van der Waals surface area (Å²) in [5.41, 5.74) is 2.62. The van der Waals surface area contributed by atoms with Crippen LogP contribution in [0.4, 0.5) is 0 Å². The number of ether oxygens (including phenoxy) is 1. The average molecular weight is 241 g/mol. The summed E-state index contributed by atoms with van der Waals surface area (Å²) in [6.45, 7) is 0.858. The molecule has 0 bridgehead atoms. The van der Waals surface area contributed by atoms with Gasteiger partial charge >= 0.3 is 0 Å². The molecule has 2 heteroatoms. The van der Waals surface area contributed by atoms with E-state index in [0.717, 1.165) is 37.1 Å². The predicted octanol–water partition coefficient (Wildman–Crippen LogP) is 3.75. The standard InChI is InChI=1S/C16H19NO/c1-18-16-9-7-14(8-10-16)11-12-17-13-15-5-3-2-4-6-15/h2-7,10,13H,8-9,11-12H2,1H3. The summed E-state index contributed by atoms with van der Waals surface area (Å²) in [5, 5.41) is 0. The minimum absolute atomic E-state index is 0.858. The zero-order valence-electron chi connectivity index (χ0n) is 10.8. The smallest absolute Gasteiger partial charge is 0.0956 e. The summed E-state index contributed by atoms with van der Waals surface area (Å²) in [4.78, 5) is 4.46. The van der Waals surface area contributed by atoms with Crippen molar-refractivity contribution >= 4 is 6.21 Å². The van der Waals surface area contributed by atoms with Crippen molar-refractivity contribution in [2.45, 2.75) is 19.3 Å². The Labute approximate surface area is 109 Å². The number of benzene rings is 1. The highest BCUT2D eigenvalue weighted by molar-refractivity contribution is 5.79. The summed E-state index contributed by atoms with van der Waals surface area (Å²) in [7, 11) is 1.73. The number of hydrogen-bond donors (Lipinski definition) is 0. The third-order valence-electron chi connectivity index (χ3n) is 3.05. The summed E-state index contributed by atoms with van der Waals surface area (Å²) < 4.78 is 5.21. The van der Waals surface area contributed by atoms with Gasteiger partial charge in [-0.3, -0.25) is 4.99 Å². The van der Waals surface area contributed by atoms with Crippen molar-refractivity contribution in [3.63, 3.8) is 0 Å². The minimum Gasteiger partial charge on any atom is -0.501 e. The molecule has 2 nitrogen and oxygen atoms in total. The van der Waals surface area contributed by atoms with Gasteiger partial charge in [-0.05, 0) is 24.5 Å². The number of hydrogen-bond acceptors (Lipinski definition) is 2. The molecule has 0 saturated heterocycles. The van der Waals surface area contributed by atoms with Crippen LogP contribution in [-0.4, -0.2) is 19.9 Å². The highest BCUT2D eigenvalue weighted by Crippen LogP contribution is 2.19. The van der Waals surface area contributed by atoms with Gasteiger partial charge in [-0.25, -0.2) is 0 Å². The lowest BCUT2D eigenvalue weighted by Gasteiger charge is -2.11. The first-order valence-corrected chi connectivity index (χ1v) is 6.34. The molecule has 0 atom stereocenters. The molecule has 0 radical (unpaired) electrons. The van der Waals surface area contributed by atoms with Crippen LogP contribution >= 0.6 is 0 Å². The Morgan fingerprint density at radius 3 is 2.67 bits per heavy atom. The molecule has 0 N–H and O–H groups in total. The third-order valence-corrected chi connectivity index (χ3v) is 3.05. The lowest BCUT2D eigenvalue weighted by atomic mass is 10.0. The topological polar surface area (TPSA) is 21.6 Å².